The van der Waals surface area contributed by atoms with Crippen LogP contribution in [0.2, 0.25) is 0 Å². The van der Waals surface area contributed by atoms with Crippen LogP contribution in [0.5, 0.6) is 0 Å². The van der Waals surface area contributed by atoms with Crippen molar-refractivity contribution in [1.29, 1.82) is 5.26 Å². The van der Waals surface area contributed by atoms with Crippen molar-refractivity contribution in [3.8, 4) is 17.2 Å². The van der Waals surface area contributed by atoms with Crippen molar-refractivity contribution in [2.45, 2.75) is 26.7 Å². The van der Waals surface area contributed by atoms with Crippen LogP contribution < -0.4 is 0 Å². The van der Waals surface area contributed by atoms with E-state index in [4.69, 9.17) is 0 Å². The minimum Gasteiger partial charge on any atom is -0.295 e. The van der Waals surface area contributed by atoms with E-state index in [-0.39, 0.29) is 5.78 Å². The summed E-state index contributed by atoms with van der Waals surface area (Å²) in [5, 5.41) is 9.30. The van der Waals surface area contributed by atoms with Gasteiger partial charge in [-0.3, -0.25) is 4.79 Å². The Balaban J connectivity index is 2.55. The molecule has 0 fully saturated rings. The highest BCUT2D eigenvalue weighted by molar-refractivity contribution is 5.95. The molecule has 0 heterocycles. The molecule has 2 rings (SSSR count). The van der Waals surface area contributed by atoms with Gasteiger partial charge >= 0.3 is 0 Å². The number of hydrogen-bond donors (Lipinski definition) is 0. The molecule has 0 bridgehead atoms. The van der Waals surface area contributed by atoms with E-state index in [1.807, 2.05) is 18.2 Å². The van der Waals surface area contributed by atoms with Gasteiger partial charge in [-0.25, -0.2) is 0 Å². The van der Waals surface area contributed by atoms with E-state index in [0.717, 1.165) is 11.1 Å². The van der Waals surface area contributed by atoms with Crippen LogP contribution in [0.15, 0.2) is 42.5 Å². The van der Waals surface area contributed by atoms with E-state index in [1.165, 1.54) is 12.5 Å². The third kappa shape index (κ3) is 2.78. The molecule has 2 heteroatoms. The number of rotatable bonds is 3. The number of Topliss-reactive ketones (excluding diaryl/α,β-unsaturated/α-hetero) is 1. The first-order valence-corrected chi connectivity index (χ1v) is 6.68. The van der Waals surface area contributed by atoms with Crippen LogP contribution in [0.4, 0.5) is 0 Å². The summed E-state index contributed by atoms with van der Waals surface area (Å²) in [5.74, 6) is 0.418. The Kier molecular flexibility index (Phi) is 4.00. The molecule has 0 aliphatic carbocycles. The average Bonchev–Trinajstić information content (AvgIpc) is 2.46. The highest BCUT2D eigenvalue weighted by Crippen LogP contribution is 2.27. The number of benzene rings is 2. The van der Waals surface area contributed by atoms with E-state index >= 15 is 0 Å². The highest BCUT2D eigenvalue weighted by atomic mass is 16.1. The first kappa shape index (κ1) is 14.0. The summed E-state index contributed by atoms with van der Waals surface area (Å²) >= 11 is 0. The van der Waals surface area contributed by atoms with E-state index in [1.54, 1.807) is 12.1 Å². The minimum absolute atomic E-state index is 0.0241. The van der Waals surface area contributed by atoms with Crippen LogP contribution in [0.25, 0.3) is 11.1 Å². The molecule has 20 heavy (non-hydrogen) atoms. The Labute approximate surface area is 119 Å². The van der Waals surface area contributed by atoms with Gasteiger partial charge in [-0.2, -0.15) is 5.26 Å². The first-order chi connectivity index (χ1) is 9.52. The van der Waals surface area contributed by atoms with Crippen molar-refractivity contribution in [2.75, 3.05) is 0 Å². The normalized spacial score (nSPS) is 10.3. The maximum atomic E-state index is 11.4. The zero-order valence-electron chi connectivity index (χ0n) is 12.0. The summed E-state index contributed by atoms with van der Waals surface area (Å²) in [6.45, 7) is 5.79. The van der Waals surface area contributed by atoms with Crippen molar-refractivity contribution in [1.82, 2.24) is 0 Å². The summed E-state index contributed by atoms with van der Waals surface area (Å²) < 4.78 is 0. The number of nitriles is 1. The summed E-state index contributed by atoms with van der Waals surface area (Å²) in [4.78, 5) is 11.4. The molecule has 2 nitrogen and oxygen atoms in total. The number of ketones is 1. The molecule has 0 saturated heterocycles. The molecular formula is C18H17NO. The van der Waals surface area contributed by atoms with Gasteiger partial charge < -0.3 is 0 Å². The predicted molar refractivity (Wildman–Crippen MR) is 80.7 cm³/mol. The van der Waals surface area contributed by atoms with Gasteiger partial charge in [-0.15, -0.1) is 0 Å². The molecule has 0 aliphatic rings. The fourth-order valence-electron chi connectivity index (χ4n) is 2.17. The van der Waals surface area contributed by atoms with Gasteiger partial charge in [0.05, 0.1) is 11.6 Å². The second kappa shape index (κ2) is 5.71. The van der Waals surface area contributed by atoms with Gasteiger partial charge in [-0.1, -0.05) is 50.2 Å². The smallest absolute Gasteiger partial charge is 0.159 e. The second-order valence-corrected chi connectivity index (χ2v) is 5.21. The lowest BCUT2D eigenvalue weighted by Gasteiger charge is -2.10. The molecule has 2 aromatic carbocycles. The predicted octanol–water partition coefficient (Wildman–Crippen LogP) is 4.55. The third-order valence-electron chi connectivity index (χ3n) is 3.41. The molecule has 0 aliphatic heterocycles. The topological polar surface area (TPSA) is 40.9 Å². The van der Waals surface area contributed by atoms with Gasteiger partial charge in [0.2, 0.25) is 0 Å². The first-order valence-electron chi connectivity index (χ1n) is 6.68. The summed E-state index contributed by atoms with van der Waals surface area (Å²) in [7, 11) is 0. The van der Waals surface area contributed by atoms with Gasteiger partial charge in [0.15, 0.2) is 5.78 Å². The summed E-state index contributed by atoms with van der Waals surface area (Å²) in [6.07, 6.45) is 0. The number of carbonyl (C=O) groups excluding carboxylic acids is 1. The average molecular weight is 263 g/mol. The fourth-order valence-corrected chi connectivity index (χ4v) is 2.17. The molecule has 2 aromatic rings. The van der Waals surface area contributed by atoms with E-state index in [0.29, 0.717) is 17.0 Å². The van der Waals surface area contributed by atoms with Crippen molar-refractivity contribution in [3.63, 3.8) is 0 Å². The zero-order valence-corrected chi connectivity index (χ0v) is 12.0. The molecule has 100 valence electrons. The molecule has 0 saturated carbocycles. The molecule has 0 aromatic heterocycles. The van der Waals surface area contributed by atoms with Gasteiger partial charge in [0.25, 0.3) is 0 Å². The molecule has 0 radical (unpaired) electrons. The monoisotopic (exact) mass is 263 g/mol. The molecule has 0 N–H and O–H groups in total. The lowest BCUT2D eigenvalue weighted by Crippen LogP contribution is -1.95. The van der Waals surface area contributed by atoms with Gasteiger partial charge in [0.1, 0.15) is 0 Å². The largest absolute Gasteiger partial charge is 0.295 e. The van der Waals surface area contributed by atoms with Crippen LogP contribution in [0, 0.1) is 11.3 Å². The van der Waals surface area contributed by atoms with Crippen molar-refractivity contribution in [2.24, 2.45) is 0 Å². The third-order valence-corrected chi connectivity index (χ3v) is 3.41. The summed E-state index contributed by atoms with van der Waals surface area (Å²) in [6, 6.07) is 15.7. The zero-order chi connectivity index (χ0) is 14.7. The van der Waals surface area contributed by atoms with Crippen LogP contribution >= 0.6 is 0 Å². The lowest BCUT2D eigenvalue weighted by molar-refractivity contribution is 0.101. The minimum atomic E-state index is -0.0241. The lowest BCUT2D eigenvalue weighted by atomic mass is 9.93. The van der Waals surface area contributed by atoms with Crippen molar-refractivity contribution in [3.05, 3.63) is 59.2 Å². The Bertz CT molecular complexity index is 693. The second-order valence-electron chi connectivity index (χ2n) is 5.21. The molecule has 0 atom stereocenters. The Morgan fingerprint density at radius 2 is 1.90 bits per heavy atom. The number of nitrogens with zero attached hydrogens (tertiary/aromatic N) is 1. The Hall–Kier alpha value is -2.40. The van der Waals surface area contributed by atoms with E-state index in [2.05, 4.69) is 32.0 Å². The van der Waals surface area contributed by atoms with Crippen molar-refractivity contribution < 1.29 is 4.79 Å². The van der Waals surface area contributed by atoms with Crippen LogP contribution in [0.1, 0.15) is 48.2 Å². The molecule has 0 unspecified atom stereocenters. The Morgan fingerprint density at radius 3 is 2.50 bits per heavy atom. The molecule has 0 amide bonds. The van der Waals surface area contributed by atoms with E-state index < -0.39 is 0 Å². The van der Waals surface area contributed by atoms with Crippen LogP contribution in [-0.4, -0.2) is 5.78 Å². The van der Waals surface area contributed by atoms with E-state index in [9.17, 15) is 10.1 Å². The SMILES string of the molecule is CC(=O)c1ccc(-c2cccc(C(C)C)c2)c(C#N)c1. The standard InChI is InChI=1S/C18H17NO/c1-12(2)14-5-4-6-16(9-14)18-8-7-15(13(3)20)10-17(18)11-19/h4-10,12H,1-3H3. The maximum Gasteiger partial charge on any atom is 0.159 e. The van der Waals surface area contributed by atoms with Gasteiger partial charge in [-0.05, 0) is 35.6 Å². The van der Waals surface area contributed by atoms with Crippen LogP contribution in [0.3, 0.4) is 0 Å². The fraction of sp³-hybridized carbons (Fsp3) is 0.222. The maximum absolute atomic E-state index is 11.4. The molecule has 0 spiro atoms. The van der Waals surface area contributed by atoms with Crippen molar-refractivity contribution >= 4 is 5.78 Å². The quantitative estimate of drug-likeness (QED) is 0.762. The Morgan fingerprint density at radius 1 is 1.15 bits per heavy atom. The number of carbonyl (C=O) groups is 1. The number of hydrogen-bond acceptors (Lipinski definition) is 2. The molecular weight excluding hydrogens is 246 g/mol. The summed E-state index contributed by atoms with van der Waals surface area (Å²) in [5.41, 5.74) is 4.24. The highest BCUT2D eigenvalue weighted by Gasteiger charge is 2.09. The van der Waals surface area contributed by atoms with Gasteiger partial charge in [0, 0.05) is 5.56 Å². The van der Waals surface area contributed by atoms with Crippen LogP contribution in [-0.2, 0) is 0 Å².